The highest BCUT2D eigenvalue weighted by Gasteiger charge is 2.42. The molecule has 0 spiro atoms. The highest BCUT2D eigenvalue weighted by atomic mass is 16.5. The zero-order valence-corrected chi connectivity index (χ0v) is 11.1. The van der Waals surface area contributed by atoms with Crippen molar-refractivity contribution in [1.29, 1.82) is 0 Å². The van der Waals surface area contributed by atoms with E-state index >= 15 is 0 Å². The van der Waals surface area contributed by atoms with Gasteiger partial charge in [0, 0.05) is 12.2 Å². The predicted molar refractivity (Wildman–Crippen MR) is 68.0 cm³/mol. The number of hydrogen-bond donors (Lipinski definition) is 0. The van der Waals surface area contributed by atoms with Crippen LogP contribution in [0.15, 0.2) is 12.2 Å². The summed E-state index contributed by atoms with van der Waals surface area (Å²) in [5.74, 6) is -1.26. The molecule has 2 rings (SSSR count). The van der Waals surface area contributed by atoms with Crippen LogP contribution in [0, 0.1) is 5.92 Å². The minimum atomic E-state index is -0.357. The number of ether oxygens (including phenoxy) is 1. The second-order valence-electron chi connectivity index (χ2n) is 5.01. The zero-order valence-electron chi connectivity index (χ0n) is 11.1. The van der Waals surface area contributed by atoms with Crippen molar-refractivity contribution in [1.82, 2.24) is 4.90 Å². The van der Waals surface area contributed by atoms with Crippen LogP contribution >= 0.6 is 0 Å². The van der Waals surface area contributed by atoms with E-state index < -0.39 is 0 Å². The summed E-state index contributed by atoms with van der Waals surface area (Å²) < 4.78 is 5.22. The lowest BCUT2D eigenvalue weighted by Crippen LogP contribution is -2.44. The fraction of sp³-hybridized carbons (Fsp3) is 0.643. The van der Waals surface area contributed by atoms with E-state index in [4.69, 9.17) is 4.74 Å². The minimum Gasteiger partial charge on any atom is -0.465 e. The topological polar surface area (TPSA) is 63.7 Å². The van der Waals surface area contributed by atoms with Gasteiger partial charge in [-0.2, -0.15) is 0 Å². The fourth-order valence-corrected chi connectivity index (χ4v) is 2.69. The number of imide groups is 1. The summed E-state index contributed by atoms with van der Waals surface area (Å²) in [6.07, 6.45) is 6.55. The summed E-state index contributed by atoms with van der Waals surface area (Å²) in [5.41, 5.74) is 0. The van der Waals surface area contributed by atoms with Gasteiger partial charge in [0.15, 0.2) is 0 Å². The number of carbonyl (C=O) groups excluding carboxylic acids is 3. The molecule has 0 radical (unpaired) electrons. The summed E-state index contributed by atoms with van der Waals surface area (Å²) in [4.78, 5) is 36.5. The van der Waals surface area contributed by atoms with Gasteiger partial charge in [0.05, 0.1) is 18.6 Å². The molecule has 2 unspecified atom stereocenters. The van der Waals surface area contributed by atoms with E-state index in [1.165, 1.54) is 17.1 Å². The molecule has 1 aliphatic carbocycles. The number of amides is 2. The van der Waals surface area contributed by atoms with Crippen molar-refractivity contribution in [2.24, 2.45) is 5.92 Å². The first kappa shape index (κ1) is 13.8. The quantitative estimate of drug-likeness (QED) is 0.428. The molecule has 0 N–H and O–H groups in total. The first-order chi connectivity index (χ1) is 9.15. The minimum absolute atomic E-state index is 0.275. The van der Waals surface area contributed by atoms with E-state index in [0.717, 1.165) is 19.3 Å². The van der Waals surface area contributed by atoms with Crippen LogP contribution in [0.4, 0.5) is 0 Å². The molecule has 0 aromatic rings. The highest BCUT2D eigenvalue weighted by molar-refractivity contribution is 6.13. The summed E-state index contributed by atoms with van der Waals surface area (Å²) in [6.45, 7) is 2.44. The number of carbonyl (C=O) groups is 3. The van der Waals surface area contributed by atoms with Crippen molar-refractivity contribution in [3.8, 4) is 0 Å². The first-order valence-corrected chi connectivity index (χ1v) is 6.87. The van der Waals surface area contributed by atoms with Crippen molar-refractivity contribution in [2.45, 2.75) is 45.1 Å². The van der Waals surface area contributed by atoms with Gasteiger partial charge in [-0.1, -0.05) is 19.8 Å². The number of rotatable bonds is 5. The van der Waals surface area contributed by atoms with Crippen molar-refractivity contribution in [3.63, 3.8) is 0 Å². The molecule has 2 amide bonds. The number of unbranched alkanes of at least 4 members (excludes halogenated alkanes) is 1. The molecule has 1 saturated carbocycles. The number of hydrogen-bond acceptors (Lipinski definition) is 4. The Morgan fingerprint density at radius 2 is 2.00 bits per heavy atom. The van der Waals surface area contributed by atoms with Crippen LogP contribution < -0.4 is 0 Å². The van der Waals surface area contributed by atoms with Crippen molar-refractivity contribution in [3.05, 3.63) is 12.2 Å². The molecule has 0 aromatic heterocycles. The van der Waals surface area contributed by atoms with E-state index in [1.54, 1.807) is 0 Å². The Morgan fingerprint density at radius 3 is 2.63 bits per heavy atom. The Labute approximate surface area is 112 Å². The first-order valence-electron chi connectivity index (χ1n) is 6.87. The second kappa shape index (κ2) is 5.99. The molecule has 1 aliphatic heterocycles. The van der Waals surface area contributed by atoms with Gasteiger partial charge in [-0.25, -0.2) is 0 Å². The van der Waals surface area contributed by atoms with Gasteiger partial charge in [-0.05, 0) is 19.3 Å². The van der Waals surface area contributed by atoms with E-state index in [0.29, 0.717) is 19.4 Å². The molecule has 5 nitrogen and oxygen atoms in total. The largest absolute Gasteiger partial charge is 0.465 e. The molecule has 19 heavy (non-hydrogen) atoms. The maximum absolute atomic E-state index is 12.0. The smallest absolute Gasteiger partial charge is 0.311 e. The molecule has 104 valence electrons. The number of esters is 1. The third-order valence-corrected chi connectivity index (χ3v) is 3.70. The predicted octanol–water partition coefficient (Wildman–Crippen LogP) is 1.42. The van der Waals surface area contributed by atoms with Crippen molar-refractivity contribution < 1.29 is 19.1 Å². The Bertz CT molecular complexity index is 398. The number of nitrogens with zero attached hydrogens (tertiary/aromatic N) is 1. The van der Waals surface area contributed by atoms with Crippen LogP contribution in [0.3, 0.4) is 0 Å². The summed E-state index contributed by atoms with van der Waals surface area (Å²) in [7, 11) is 0. The SMILES string of the molecule is CCCCOC(=O)C1CCCC1N1C(=O)C=CC1=O. The van der Waals surface area contributed by atoms with E-state index in [1.807, 2.05) is 6.92 Å². The molecule has 2 atom stereocenters. The lowest BCUT2D eigenvalue weighted by Gasteiger charge is -2.26. The van der Waals surface area contributed by atoms with Gasteiger partial charge >= 0.3 is 5.97 Å². The van der Waals surface area contributed by atoms with Crippen LogP contribution in [0.1, 0.15) is 39.0 Å². The highest BCUT2D eigenvalue weighted by Crippen LogP contribution is 2.32. The normalized spacial score (nSPS) is 26.3. The van der Waals surface area contributed by atoms with Crippen molar-refractivity contribution >= 4 is 17.8 Å². The van der Waals surface area contributed by atoms with Crippen LogP contribution in [0.5, 0.6) is 0 Å². The molecule has 2 aliphatic rings. The third-order valence-electron chi connectivity index (χ3n) is 3.70. The molecular weight excluding hydrogens is 246 g/mol. The van der Waals surface area contributed by atoms with E-state index in [9.17, 15) is 14.4 Å². The van der Waals surface area contributed by atoms with Gasteiger partial charge in [0.25, 0.3) is 11.8 Å². The van der Waals surface area contributed by atoms with Crippen LogP contribution in [-0.4, -0.2) is 35.3 Å². The van der Waals surface area contributed by atoms with Crippen LogP contribution in [0.25, 0.3) is 0 Å². The Hall–Kier alpha value is -1.65. The van der Waals surface area contributed by atoms with Crippen molar-refractivity contribution in [2.75, 3.05) is 6.61 Å². The molecule has 0 bridgehead atoms. The Morgan fingerprint density at radius 1 is 1.32 bits per heavy atom. The fourth-order valence-electron chi connectivity index (χ4n) is 2.69. The summed E-state index contributed by atoms with van der Waals surface area (Å²) >= 11 is 0. The molecule has 1 heterocycles. The molecule has 0 aromatic carbocycles. The maximum Gasteiger partial charge on any atom is 0.311 e. The lowest BCUT2D eigenvalue weighted by atomic mass is 10.0. The molecular formula is C14H19NO4. The van der Waals surface area contributed by atoms with Gasteiger partial charge in [0.2, 0.25) is 0 Å². The van der Waals surface area contributed by atoms with Crippen LogP contribution in [-0.2, 0) is 19.1 Å². The lowest BCUT2D eigenvalue weighted by molar-refractivity contribution is -0.152. The van der Waals surface area contributed by atoms with E-state index in [-0.39, 0.29) is 29.7 Å². The maximum atomic E-state index is 12.0. The van der Waals surface area contributed by atoms with Gasteiger partial charge in [-0.15, -0.1) is 0 Å². The molecule has 1 fully saturated rings. The van der Waals surface area contributed by atoms with Gasteiger partial charge in [-0.3, -0.25) is 19.3 Å². The van der Waals surface area contributed by atoms with E-state index in [2.05, 4.69) is 0 Å². The average molecular weight is 265 g/mol. The Kier molecular flexibility index (Phi) is 4.35. The summed E-state index contributed by atoms with van der Waals surface area (Å²) in [6, 6.07) is -0.330. The summed E-state index contributed by atoms with van der Waals surface area (Å²) in [5, 5.41) is 0. The zero-order chi connectivity index (χ0) is 13.8. The van der Waals surface area contributed by atoms with Gasteiger partial charge < -0.3 is 4.74 Å². The third kappa shape index (κ3) is 2.85. The van der Waals surface area contributed by atoms with Crippen LogP contribution in [0.2, 0.25) is 0 Å². The second-order valence-corrected chi connectivity index (χ2v) is 5.01. The monoisotopic (exact) mass is 265 g/mol. The van der Waals surface area contributed by atoms with Gasteiger partial charge in [0.1, 0.15) is 0 Å². The molecule has 0 saturated heterocycles. The molecule has 5 heteroatoms. The Balaban J connectivity index is 1.99. The average Bonchev–Trinajstić information content (AvgIpc) is 2.96. The standard InChI is InChI=1S/C14H19NO4/c1-2-3-9-19-14(18)10-5-4-6-11(10)15-12(16)7-8-13(15)17/h7-8,10-11H,2-6,9H2,1H3.